The van der Waals surface area contributed by atoms with Crippen molar-refractivity contribution in [3.8, 4) is 0 Å². The fraction of sp³-hybridized carbons (Fsp3) is 0.130. The van der Waals surface area contributed by atoms with Gasteiger partial charge in [-0.1, -0.05) is 47.7 Å². The number of fused-ring (bicyclic) bond motifs is 1. The molecule has 0 radical (unpaired) electrons. The van der Waals surface area contributed by atoms with Crippen LogP contribution in [-0.4, -0.2) is 20.7 Å². The lowest BCUT2D eigenvalue weighted by atomic mass is 10.1. The van der Waals surface area contributed by atoms with Crippen LogP contribution in [0.2, 0.25) is 0 Å². The Kier molecular flexibility index (Phi) is 5.84. The van der Waals surface area contributed by atoms with Gasteiger partial charge in [0.1, 0.15) is 0 Å². The number of thiazole rings is 1. The van der Waals surface area contributed by atoms with Gasteiger partial charge in [-0.3, -0.25) is 29.9 Å². The van der Waals surface area contributed by atoms with Gasteiger partial charge in [-0.25, -0.2) is 4.98 Å². The summed E-state index contributed by atoms with van der Waals surface area (Å²) >= 11 is 1.33. The molecule has 0 aliphatic heterocycles. The number of rotatable bonds is 6. The van der Waals surface area contributed by atoms with Crippen LogP contribution in [0.1, 0.15) is 27.0 Å². The van der Waals surface area contributed by atoms with Crippen LogP contribution in [0, 0.1) is 34.1 Å². The Bertz CT molecular complexity index is 1370. The van der Waals surface area contributed by atoms with Gasteiger partial charge in [0, 0.05) is 12.1 Å². The molecule has 1 heterocycles. The van der Waals surface area contributed by atoms with Crippen LogP contribution in [0.25, 0.3) is 10.2 Å². The highest BCUT2D eigenvalue weighted by atomic mass is 32.1. The smallest absolute Gasteiger partial charge is 0.277 e. The lowest BCUT2D eigenvalue weighted by Gasteiger charge is -2.20. The molecule has 9 nitrogen and oxygen atoms in total. The number of nitro benzene ring substituents is 2. The Morgan fingerprint density at radius 2 is 1.61 bits per heavy atom. The van der Waals surface area contributed by atoms with Crippen LogP contribution in [0.15, 0.2) is 60.7 Å². The van der Waals surface area contributed by atoms with Gasteiger partial charge in [0.15, 0.2) is 5.13 Å². The molecule has 0 spiro atoms. The molecule has 0 bridgehead atoms. The molecule has 0 atom stereocenters. The van der Waals surface area contributed by atoms with Crippen molar-refractivity contribution < 1.29 is 14.6 Å². The number of nitro groups is 2. The van der Waals surface area contributed by atoms with E-state index >= 15 is 0 Å². The minimum atomic E-state index is -0.755. The number of amides is 1. The Morgan fingerprint density at radius 3 is 2.21 bits per heavy atom. The minimum Gasteiger partial charge on any atom is -0.279 e. The number of carbonyl (C=O) groups is 1. The summed E-state index contributed by atoms with van der Waals surface area (Å²) in [5.41, 5.74) is 2.41. The van der Waals surface area contributed by atoms with Crippen LogP contribution >= 0.6 is 11.3 Å². The first kappa shape index (κ1) is 22.0. The van der Waals surface area contributed by atoms with E-state index in [2.05, 4.69) is 4.98 Å². The minimum absolute atomic E-state index is 0.147. The van der Waals surface area contributed by atoms with Gasteiger partial charge in [-0.15, -0.1) is 0 Å². The number of aromatic nitrogens is 1. The molecular weight excluding hydrogens is 444 g/mol. The zero-order valence-corrected chi connectivity index (χ0v) is 18.5. The van der Waals surface area contributed by atoms with E-state index in [0.29, 0.717) is 5.13 Å². The number of benzene rings is 3. The second-order valence-electron chi connectivity index (χ2n) is 7.56. The zero-order chi connectivity index (χ0) is 23.7. The summed E-state index contributed by atoms with van der Waals surface area (Å²) < 4.78 is 0.923. The molecule has 33 heavy (non-hydrogen) atoms. The fourth-order valence-corrected chi connectivity index (χ4v) is 4.57. The standard InChI is InChI=1S/C23H18N4O5S/c1-14-8-15(2)21-20(9-14)24-23(33-21)25(13-16-6-4-3-5-7-16)22(28)17-10-18(26(29)30)12-19(11-17)27(31)32/h3-12H,13H2,1-2H3. The number of anilines is 1. The van der Waals surface area contributed by atoms with Crippen LogP contribution in [0.3, 0.4) is 0 Å². The van der Waals surface area contributed by atoms with E-state index in [-0.39, 0.29) is 12.1 Å². The van der Waals surface area contributed by atoms with E-state index in [9.17, 15) is 25.0 Å². The van der Waals surface area contributed by atoms with Crippen molar-refractivity contribution in [2.24, 2.45) is 0 Å². The topological polar surface area (TPSA) is 119 Å². The van der Waals surface area contributed by atoms with Crippen molar-refractivity contribution in [3.05, 3.63) is 103 Å². The molecule has 0 aliphatic carbocycles. The molecule has 0 N–H and O–H groups in total. The van der Waals surface area contributed by atoms with Gasteiger partial charge < -0.3 is 0 Å². The number of nitrogens with zero attached hydrogens (tertiary/aromatic N) is 4. The van der Waals surface area contributed by atoms with Gasteiger partial charge in [-0.05, 0) is 36.6 Å². The van der Waals surface area contributed by atoms with Crippen LogP contribution in [0.5, 0.6) is 0 Å². The molecule has 0 aliphatic rings. The quantitative estimate of drug-likeness (QED) is 0.273. The molecule has 3 aromatic carbocycles. The maximum Gasteiger partial charge on any atom is 0.277 e. The summed E-state index contributed by atoms with van der Waals surface area (Å²) in [5.74, 6) is -0.612. The van der Waals surface area contributed by atoms with Crippen molar-refractivity contribution in [2.45, 2.75) is 20.4 Å². The summed E-state index contributed by atoms with van der Waals surface area (Å²) in [7, 11) is 0. The van der Waals surface area contributed by atoms with Crippen molar-refractivity contribution in [3.63, 3.8) is 0 Å². The molecule has 0 saturated heterocycles. The monoisotopic (exact) mass is 462 g/mol. The van der Waals surface area contributed by atoms with Crippen molar-refractivity contribution in [1.82, 2.24) is 4.98 Å². The van der Waals surface area contributed by atoms with E-state index in [1.54, 1.807) is 0 Å². The average Bonchev–Trinajstić information content (AvgIpc) is 3.21. The third-order valence-corrected chi connectivity index (χ3v) is 6.27. The maximum absolute atomic E-state index is 13.6. The number of aryl methyl sites for hydroxylation is 2. The van der Waals surface area contributed by atoms with Gasteiger partial charge in [0.2, 0.25) is 0 Å². The predicted molar refractivity (Wildman–Crippen MR) is 126 cm³/mol. The first-order chi connectivity index (χ1) is 15.7. The van der Waals surface area contributed by atoms with Gasteiger partial charge in [0.05, 0.1) is 38.2 Å². The molecule has 4 aromatic rings. The summed E-state index contributed by atoms with van der Waals surface area (Å²) in [6, 6.07) is 16.1. The SMILES string of the molecule is Cc1cc(C)c2sc(N(Cc3ccccc3)C(=O)c3cc([N+](=O)[O-])cc([N+](=O)[O-])c3)nc2c1. The van der Waals surface area contributed by atoms with Crippen LogP contribution < -0.4 is 4.90 Å². The largest absolute Gasteiger partial charge is 0.279 e. The highest BCUT2D eigenvalue weighted by Gasteiger charge is 2.26. The molecule has 0 saturated carbocycles. The van der Waals surface area contributed by atoms with E-state index in [0.717, 1.165) is 45.1 Å². The third kappa shape index (κ3) is 4.55. The average molecular weight is 462 g/mol. The molecule has 10 heteroatoms. The van der Waals surface area contributed by atoms with Gasteiger partial charge in [-0.2, -0.15) is 0 Å². The molecule has 0 unspecified atom stereocenters. The summed E-state index contributed by atoms with van der Waals surface area (Å²) in [5, 5.41) is 23.0. The van der Waals surface area contributed by atoms with Crippen molar-refractivity contribution in [1.29, 1.82) is 0 Å². The highest BCUT2D eigenvalue weighted by molar-refractivity contribution is 7.22. The molecule has 4 rings (SSSR count). The molecule has 1 aromatic heterocycles. The second kappa shape index (κ2) is 8.75. The normalized spacial score (nSPS) is 10.8. The lowest BCUT2D eigenvalue weighted by Crippen LogP contribution is -2.30. The van der Waals surface area contributed by atoms with E-state index in [4.69, 9.17) is 0 Å². The number of hydrogen-bond donors (Lipinski definition) is 0. The molecule has 0 fully saturated rings. The summed E-state index contributed by atoms with van der Waals surface area (Å²) in [4.78, 5) is 40.7. The van der Waals surface area contributed by atoms with Crippen molar-refractivity contribution >= 4 is 44.0 Å². The predicted octanol–water partition coefficient (Wildman–Crippen LogP) is 5.58. The Labute approximate surface area is 192 Å². The molecule has 1 amide bonds. The fourth-order valence-electron chi connectivity index (χ4n) is 3.56. The third-order valence-electron chi connectivity index (χ3n) is 5.04. The Balaban J connectivity index is 1.85. The van der Waals surface area contributed by atoms with Crippen LogP contribution in [0.4, 0.5) is 16.5 Å². The first-order valence-corrected chi connectivity index (χ1v) is 10.7. The molecular formula is C23H18N4O5S. The van der Waals surface area contributed by atoms with E-state index in [1.165, 1.54) is 16.2 Å². The second-order valence-corrected chi connectivity index (χ2v) is 8.53. The Hall–Kier alpha value is -4.18. The number of carbonyl (C=O) groups excluding carboxylic acids is 1. The zero-order valence-electron chi connectivity index (χ0n) is 17.7. The Morgan fingerprint density at radius 1 is 0.970 bits per heavy atom. The highest BCUT2D eigenvalue weighted by Crippen LogP contribution is 2.34. The maximum atomic E-state index is 13.6. The number of hydrogen-bond acceptors (Lipinski definition) is 7. The molecule has 166 valence electrons. The van der Waals surface area contributed by atoms with Crippen molar-refractivity contribution in [2.75, 3.05) is 4.90 Å². The van der Waals surface area contributed by atoms with E-state index in [1.807, 2.05) is 56.3 Å². The van der Waals surface area contributed by atoms with Crippen LogP contribution in [-0.2, 0) is 6.54 Å². The van der Waals surface area contributed by atoms with Gasteiger partial charge in [0.25, 0.3) is 17.3 Å². The van der Waals surface area contributed by atoms with Gasteiger partial charge >= 0.3 is 0 Å². The lowest BCUT2D eigenvalue weighted by molar-refractivity contribution is -0.394. The summed E-state index contributed by atoms with van der Waals surface area (Å²) in [6.45, 7) is 4.07. The summed E-state index contributed by atoms with van der Waals surface area (Å²) in [6.07, 6.45) is 0. The first-order valence-electron chi connectivity index (χ1n) is 9.90. The van der Waals surface area contributed by atoms with E-state index < -0.39 is 27.1 Å². The number of non-ortho nitro benzene ring substituents is 2.